The zero-order chi connectivity index (χ0) is 14.5. The van der Waals surface area contributed by atoms with Crippen molar-refractivity contribution in [3.8, 4) is 6.07 Å². The summed E-state index contributed by atoms with van der Waals surface area (Å²) in [6.07, 6.45) is 0. The van der Waals surface area contributed by atoms with Gasteiger partial charge in [0.2, 0.25) is 5.91 Å². The lowest BCUT2D eigenvalue weighted by Gasteiger charge is -2.36. The van der Waals surface area contributed by atoms with Crippen LogP contribution in [0.4, 0.5) is 5.69 Å². The number of hydrogen-bond donors (Lipinski definition) is 1. The summed E-state index contributed by atoms with van der Waals surface area (Å²) in [7, 11) is 0. The van der Waals surface area contributed by atoms with Crippen molar-refractivity contribution in [3.05, 3.63) is 29.8 Å². The molecule has 1 aliphatic heterocycles. The minimum absolute atomic E-state index is 0.000609. The number of nitriles is 1. The van der Waals surface area contributed by atoms with E-state index in [-0.39, 0.29) is 5.91 Å². The SMILES string of the molecule is CC1SCCN(CC(=O)Nc2ccc(C#N)cc2)C1C. The standard InChI is InChI=1S/C15H19N3OS/c1-11-12(2)20-8-7-18(11)10-15(19)17-14-5-3-13(9-16)4-6-14/h3-6,11-12H,7-8,10H2,1-2H3,(H,17,19). The molecule has 2 unspecified atom stereocenters. The normalized spacial score (nSPS) is 23.1. The van der Waals surface area contributed by atoms with Crippen LogP contribution < -0.4 is 5.32 Å². The van der Waals surface area contributed by atoms with Crippen LogP contribution in [-0.2, 0) is 4.79 Å². The molecule has 1 saturated heterocycles. The molecule has 0 spiro atoms. The zero-order valence-electron chi connectivity index (χ0n) is 11.8. The van der Waals surface area contributed by atoms with Crippen molar-refractivity contribution in [3.63, 3.8) is 0 Å². The smallest absolute Gasteiger partial charge is 0.238 e. The van der Waals surface area contributed by atoms with E-state index in [4.69, 9.17) is 5.26 Å². The maximum Gasteiger partial charge on any atom is 0.238 e. The fourth-order valence-electron chi connectivity index (χ4n) is 2.23. The van der Waals surface area contributed by atoms with Crippen molar-refractivity contribution in [2.75, 3.05) is 24.2 Å². The Labute approximate surface area is 124 Å². The summed E-state index contributed by atoms with van der Waals surface area (Å²) in [4.78, 5) is 14.3. The predicted octanol–water partition coefficient (Wildman–Crippen LogP) is 2.32. The van der Waals surface area contributed by atoms with Gasteiger partial charge in [-0.2, -0.15) is 17.0 Å². The quantitative estimate of drug-likeness (QED) is 0.928. The molecule has 0 aromatic heterocycles. The van der Waals surface area contributed by atoms with Crippen molar-refractivity contribution in [2.24, 2.45) is 0 Å². The average Bonchev–Trinajstić information content (AvgIpc) is 2.45. The molecule has 4 nitrogen and oxygen atoms in total. The van der Waals surface area contributed by atoms with E-state index in [1.165, 1.54) is 0 Å². The maximum atomic E-state index is 12.1. The van der Waals surface area contributed by atoms with Gasteiger partial charge < -0.3 is 5.32 Å². The average molecular weight is 289 g/mol. The summed E-state index contributed by atoms with van der Waals surface area (Å²) in [6.45, 7) is 5.76. The summed E-state index contributed by atoms with van der Waals surface area (Å²) in [5, 5.41) is 12.2. The second-order valence-corrected chi connectivity index (χ2v) is 6.51. The van der Waals surface area contributed by atoms with Crippen LogP contribution >= 0.6 is 11.8 Å². The predicted molar refractivity (Wildman–Crippen MR) is 82.7 cm³/mol. The van der Waals surface area contributed by atoms with Crippen LogP contribution in [0.3, 0.4) is 0 Å². The fraction of sp³-hybridized carbons (Fsp3) is 0.467. The minimum Gasteiger partial charge on any atom is -0.325 e. The first kappa shape index (κ1) is 14.9. The summed E-state index contributed by atoms with van der Waals surface area (Å²) < 4.78 is 0. The number of amides is 1. The third-order valence-corrected chi connectivity index (χ3v) is 5.00. The van der Waals surface area contributed by atoms with E-state index < -0.39 is 0 Å². The van der Waals surface area contributed by atoms with Crippen molar-refractivity contribution < 1.29 is 4.79 Å². The molecule has 5 heteroatoms. The molecule has 0 aliphatic carbocycles. The van der Waals surface area contributed by atoms with Crippen LogP contribution in [0.1, 0.15) is 19.4 Å². The number of carbonyl (C=O) groups is 1. The van der Waals surface area contributed by atoms with E-state index in [2.05, 4.69) is 30.1 Å². The van der Waals surface area contributed by atoms with Gasteiger partial charge in [0.25, 0.3) is 0 Å². The molecule has 0 saturated carbocycles. The highest BCUT2D eigenvalue weighted by Crippen LogP contribution is 2.23. The van der Waals surface area contributed by atoms with Gasteiger partial charge in [-0.05, 0) is 31.2 Å². The molecule has 0 bridgehead atoms. The third-order valence-electron chi connectivity index (χ3n) is 3.66. The Morgan fingerprint density at radius 3 is 2.80 bits per heavy atom. The highest BCUT2D eigenvalue weighted by atomic mass is 32.2. The number of thioether (sulfide) groups is 1. The van der Waals surface area contributed by atoms with Crippen LogP contribution in [0.25, 0.3) is 0 Å². The molecule has 1 amide bonds. The van der Waals surface area contributed by atoms with Crippen LogP contribution in [-0.4, -0.2) is 40.9 Å². The summed E-state index contributed by atoms with van der Waals surface area (Å²) in [6, 6.07) is 9.41. The highest BCUT2D eigenvalue weighted by Gasteiger charge is 2.26. The molecule has 20 heavy (non-hydrogen) atoms. The first-order valence-corrected chi connectivity index (χ1v) is 7.80. The molecule has 1 N–H and O–H groups in total. The maximum absolute atomic E-state index is 12.1. The Morgan fingerprint density at radius 1 is 1.45 bits per heavy atom. The number of nitrogens with zero attached hydrogens (tertiary/aromatic N) is 2. The Hall–Kier alpha value is -1.51. The van der Waals surface area contributed by atoms with Crippen molar-refractivity contribution in [1.82, 2.24) is 4.90 Å². The van der Waals surface area contributed by atoms with Gasteiger partial charge in [-0.15, -0.1) is 0 Å². The van der Waals surface area contributed by atoms with E-state index in [1.54, 1.807) is 24.3 Å². The molecule has 106 valence electrons. The van der Waals surface area contributed by atoms with Gasteiger partial charge >= 0.3 is 0 Å². The zero-order valence-corrected chi connectivity index (χ0v) is 12.6. The van der Waals surface area contributed by atoms with Gasteiger partial charge in [0.05, 0.1) is 18.2 Å². The number of nitrogens with one attached hydrogen (secondary N) is 1. The molecule has 0 radical (unpaired) electrons. The molecular formula is C15H19N3OS. The number of carbonyl (C=O) groups excluding carboxylic acids is 1. The van der Waals surface area contributed by atoms with Gasteiger partial charge in [0.15, 0.2) is 0 Å². The van der Waals surface area contributed by atoms with Gasteiger partial charge in [-0.25, -0.2) is 0 Å². The Kier molecular flexibility index (Phi) is 5.05. The first-order chi connectivity index (χ1) is 9.60. The topological polar surface area (TPSA) is 56.1 Å². The van der Waals surface area contributed by atoms with Crippen LogP contribution in [0.2, 0.25) is 0 Å². The molecule has 1 heterocycles. The number of anilines is 1. The third kappa shape index (κ3) is 3.75. The fourth-order valence-corrected chi connectivity index (χ4v) is 3.39. The second kappa shape index (κ2) is 6.78. The number of benzene rings is 1. The number of rotatable bonds is 3. The van der Waals surface area contributed by atoms with E-state index >= 15 is 0 Å². The monoisotopic (exact) mass is 289 g/mol. The van der Waals surface area contributed by atoms with Crippen molar-refractivity contribution in [1.29, 1.82) is 5.26 Å². The lowest BCUT2D eigenvalue weighted by Crippen LogP contribution is -2.47. The van der Waals surface area contributed by atoms with E-state index in [9.17, 15) is 4.79 Å². The van der Waals surface area contributed by atoms with Gasteiger partial charge in [-0.3, -0.25) is 9.69 Å². The largest absolute Gasteiger partial charge is 0.325 e. The van der Waals surface area contributed by atoms with Gasteiger partial charge in [0, 0.05) is 29.3 Å². The molecule has 2 atom stereocenters. The summed E-state index contributed by atoms with van der Waals surface area (Å²) in [5.41, 5.74) is 1.33. The molecule has 1 fully saturated rings. The van der Waals surface area contributed by atoms with E-state index in [0.29, 0.717) is 23.4 Å². The Balaban J connectivity index is 1.90. The van der Waals surface area contributed by atoms with Crippen LogP contribution in [0.5, 0.6) is 0 Å². The lowest BCUT2D eigenvalue weighted by molar-refractivity contribution is -0.117. The number of hydrogen-bond acceptors (Lipinski definition) is 4. The van der Waals surface area contributed by atoms with Gasteiger partial charge in [0.1, 0.15) is 0 Å². The second-order valence-electron chi connectivity index (χ2n) is 5.02. The lowest BCUT2D eigenvalue weighted by atomic mass is 10.2. The Bertz CT molecular complexity index is 509. The minimum atomic E-state index is 0.000609. The summed E-state index contributed by atoms with van der Waals surface area (Å²) in [5.74, 6) is 1.08. The van der Waals surface area contributed by atoms with Crippen LogP contribution in [0, 0.1) is 11.3 Å². The van der Waals surface area contributed by atoms with Crippen LogP contribution in [0.15, 0.2) is 24.3 Å². The van der Waals surface area contributed by atoms with Gasteiger partial charge in [-0.1, -0.05) is 6.92 Å². The molecule has 1 aromatic rings. The van der Waals surface area contributed by atoms with Crippen molar-refractivity contribution in [2.45, 2.75) is 25.1 Å². The highest BCUT2D eigenvalue weighted by molar-refractivity contribution is 8.00. The summed E-state index contributed by atoms with van der Waals surface area (Å²) >= 11 is 1.96. The molecule has 1 aromatic carbocycles. The van der Waals surface area contributed by atoms with E-state index in [0.717, 1.165) is 18.0 Å². The Morgan fingerprint density at radius 2 is 2.15 bits per heavy atom. The molecule has 1 aliphatic rings. The molecule has 2 rings (SSSR count). The first-order valence-electron chi connectivity index (χ1n) is 6.76. The van der Waals surface area contributed by atoms with Crippen molar-refractivity contribution >= 4 is 23.4 Å². The van der Waals surface area contributed by atoms with E-state index in [1.807, 2.05) is 11.8 Å². The molecular weight excluding hydrogens is 270 g/mol.